The molecule has 3 nitrogen and oxygen atoms in total. The third kappa shape index (κ3) is 3.24. The number of halogens is 4. The van der Waals surface area contributed by atoms with E-state index in [1.807, 2.05) is 0 Å². The Bertz CT molecular complexity index is 661. The minimum absolute atomic E-state index is 0.0953. The molecule has 0 radical (unpaired) electrons. The van der Waals surface area contributed by atoms with Gasteiger partial charge in [-0.2, -0.15) is 13.2 Å². The lowest BCUT2D eigenvalue weighted by molar-refractivity contribution is -0.140. The third-order valence-corrected chi connectivity index (χ3v) is 3.03. The largest absolute Gasteiger partial charge is 0.419 e. The van der Waals surface area contributed by atoms with E-state index in [4.69, 9.17) is 0 Å². The molecule has 0 unspecified atom stereocenters. The number of benzene rings is 1. The zero-order chi connectivity index (χ0) is 15.6. The van der Waals surface area contributed by atoms with Gasteiger partial charge < -0.3 is 9.88 Å². The van der Waals surface area contributed by atoms with Gasteiger partial charge in [0.15, 0.2) is 0 Å². The van der Waals surface area contributed by atoms with E-state index in [2.05, 4.69) is 5.32 Å². The number of aryl methyl sites for hydroxylation is 1. The molecule has 1 amide bonds. The first-order valence-electron chi connectivity index (χ1n) is 6.05. The molecule has 0 spiro atoms. The first kappa shape index (κ1) is 15.1. The zero-order valence-corrected chi connectivity index (χ0v) is 11.0. The van der Waals surface area contributed by atoms with Gasteiger partial charge in [0.05, 0.1) is 17.7 Å². The monoisotopic (exact) mass is 300 g/mol. The predicted molar refractivity (Wildman–Crippen MR) is 68.0 cm³/mol. The van der Waals surface area contributed by atoms with E-state index < -0.39 is 29.0 Å². The van der Waals surface area contributed by atoms with Crippen molar-refractivity contribution in [2.45, 2.75) is 12.7 Å². The van der Waals surface area contributed by atoms with Crippen molar-refractivity contribution in [1.82, 2.24) is 9.88 Å². The Hall–Kier alpha value is -2.31. The number of carbonyl (C=O) groups excluding carboxylic acids is 1. The van der Waals surface area contributed by atoms with Crippen LogP contribution in [0.5, 0.6) is 0 Å². The van der Waals surface area contributed by atoms with Crippen LogP contribution in [0, 0.1) is 5.82 Å². The molecule has 21 heavy (non-hydrogen) atoms. The number of rotatable bonds is 3. The molecule has 0 saturated heterocycles. The Morgan fingerprint density at radius 3 is 2.52 bits per heavy atom. The van der Waals surface area contributed by atoms with Gasteiger partial charge in [0.2, 0.25) is 0 Å². The Labute approximate surface area is 118 Å². The highest BCUT2D eigenvalue weighted by Crippen LogP contribution is 2.32. The summed E-state index contributed by atoms with van der Waals surface area (Å²) in [6.45, 7) is 0.0953. The van der Waals surface area contributed by atoms with Crippen LogP contribution >= 0.6 is 0 Å². The van der Waals surface area contributed by atoms with Crippen molar-refractivity contribution in [3.8, 4) is 0 Å². The van der Waals surface area contributed by atoms with Crippen LogP contribution in [0.25, 0.3) is 0 Å². The molecule has 1 N–H and O–H groups in total. The molecule has 0 atom stereocenters. The van der Waals surface area contributed by atoms with Crippen molar-refractivity contribution in [2.75, 3.05) is 0 Å². The lowest BCUT2D eigenvalue weighted by Crippen LogP contribution is -2.25. The van der Waals surface area contributed by atoms with E-state index in [0.29, 0.717) is 6.07 Å². The first-order chi connectivity index (χ1) is 9.80. The SMILES string of the molecule is Cn1cccc1CNC(=O)c1cccc(C(F)(F)F)c1F. The number of carbonyl (C=O) groups is 1. The average Bonchev–Trinajstić information content (AvgIpc) is 2.80. The van der Waals surface area contributed by atoms with Crippen LogP contribution in [-0.4, -0.2) is 10.5 Å². The van der Waals surface area contributed by atoms with Crippen LogP contribution in [0.1, 0.15) is 21.6 Å². The normalized spacial score (nSPS) is 11.5. The smallest absolute Gasteiger partial charge is 0.353 e. The summed E-state index contributed by atoms with van der Waals surface area (Å²) in [5, 5.41) is 2.39. The zero-order valence-electron chi connectivity index (χ0n) is 11.0. The average molecular weight is 300 g/mol. The van der Waals surface area contributed by atoms with E-state index in [-0.39, 0.29) is 6.54 Å². The summed E-state index contributed by atoms with van der Waals surface area (Å²) in [6, 6.07) is 6.12. The maximum Gasteiger partial charge on any atom is 0.419 e. The fraction of sp³-hybridized carbons (Fsp3) is 0.214. The fourth-order valence-electron chi connectivity index (χ4n) is 1.87. The van der Waals surface area contributed by atoms with Gasteiger partial charge in [-0.3, -0.25) is 4.79 Å². The van der Waals surface area contributed by atoms with Gasteiger partial charge >= 0.3 is 6.18 Å². The second-order valence-electron chi connectivity index (χ2n) is 4.46. The predicted octanol–water partition coefficient (Wildman–Crippen LogP) is 3.11. The molecule has 0 bridgehead atoms. The molecule has 0 aliphatic carbocycles. The van der Waals surface area contributed by atoms with Crippen LogP contribution in [0.2, 0.25) is 0 Å². The quantitative estimate of drug-likeness (QED) is 0.868. The maximum absolute atomic E-state index is 13.8. The highest BCUT2D eigenvalue weighted by molar-refractivity contribution is 5.94. The van der Waals surface area contributed by atoms with E-state index in [1.165, 1.54) is 0 Å². The van der Waals surface area contributed by atoms with Crippen LogP contribution in [0.3, 0.4) is 0 Å². The minimum atomic E-state index is -4.83. The van der Waals surface area contributed by atoms with Gasteiger partial charge in [0.1, 0.15) is 5.82 Å². The number of hydrogen-bond acceptors (Lipinski definition) is 1. The van der Waals surface area contributed by atoms with Gasteiger partial charge in [0, 0.05) is 18.9 Å². The lowest BCUT2D eigenvalue weighted by Gasteiger charge is -2.11. The van der Waals surface area contributed by atoms with Crippen LogP contribution in [0.15, 0.2) is 36.5 Å². The van der Waals surface area contributed by atoms with Crippen LogP contribution in [0.4, 0.5) is 17.6 Å². The number of aromatic nitrogens is 1. The first-order valence-corrected chi connectivity index (χ1v) is 6.05. The summed E-state index contributed by atoms with van der Waals surface area (Å²) in [4.78, 5) is 11.8. The Kier molecular flexibility index (Phi) is 4.02. The van der Waals surface area contributed by atoms with Gasteiger partial charge in [-0.05, 0) is 24.3 Å². The Morgan fingerprint density at radius 2 is 1.95 bits per heavy atom. The standard InChI is InChI=1S/C14H12F4N2O/c1-20-7-3-4-9(20)8-19-13(21)10-5-2-6-11(12(10)15)14(16,17)18/h2-7H,8H2,1H3,(H,19,21). The third-order valence-electron chi connectivity index (χ3n) is 3.03. The molecule has 0 aliphatic rings. The summed E-state index contributed by atoms with van der Waals surface area (Å²) < 4.78 is 53.3. The van der Waals surface area contributed by atoms with E-state index in [1.54, 1.807) is 29.9 Å². The molecule has 1 aromatic heterocycles. The second-order valence-corrected chi connectivity index (χ2v) is 4.46. The molecule has 112 valence electrons. The molecule has 1 heterocycles. The highest BCUT2D eigenvalue weighted by Gasteiger charge is 2.35. The second kappa shape index (κ2) is 5.59. The molecule has 0 fully saturated rings. The molecule has 0 aliphatic heterocycles. The molecule has 2 aromatic rings. The van der Waals surface area contributed by atoms with Crippen molar-refractivity contribution in [2.24, 2.45) is 7.05 Å². The highest BCUT2D eigenvalue weighted by atomic mass is 19.4. The molecule has 1 aromatic carbocycles. The molecular weight excluding hydrogens is 288 g/mol. The Morgan fingerprint density at radius 1 is 1.24 bits per heavy atom. The molecule has 7 heteroatoms. The van der Waals surface area contributed by atoms with Gasteiger partial charge in [-0.1, -0.05) is 6.07 Å². The number of nitrogens with zero attached hydrogens (tertiary/aromatic N) is 1. The van der Waals surface area contributed by atoms with E-state index >= 15 is 0 Å². The van der Waals surface area contributed by atoms with Crippen molar-refractivity contribution < 1.29 is 22.4 Å². The van der Waals surface area contributed by atoms with Crippen LogP contribution in [-0.2, 0) is 19.8 Å². The number of hydrogen-bond donors (Lipinski definition) is 1. The van der Waals surface area contributed by atoms with Crippen molar-refractivity contribution >= 4 is 5.91 Å². The van der Waals surface area contributed by atoms with E-state index in [9.17, 15) is 22.4 Å². The topological polar surface area (TPSA) is 34.0 Å². The number of alkyl halides is 3. The molecular formula is C14H12F4N2O. The van der Waals surface area contributed by atoms with Gasteiger partial charge in [-0.25, -0.2) is 4.39 Å². The minimum Gasteiger partial charge on any atom is -0.353 e. The van der Waals surface area contributed by atoms with Crippen molar-refractivity contribution in [3.05, 3.63) is 59.2 Å². The number of amides is 1. The summed E-state index contributed by atoms with van der Waals surface area (Å²) in [5.41, 5.74) is -1.33. The summed E-state index contributed by atoms with van der Waals surface area (Å²) in [5.74, 6) is -2.45. The summed E-state index contributed by atoms with van der Waals surface area (Å²) in [6.07, 6.45) is -3.08. The summed E-state index contributed by atoms with van der Waals surface area (Å²) >= 11 is 0. The van der Waals surface area contributed by atoms with Crippen molar-refractivity contribution in [3.63, 3.8) is 0 Å². The summed E-state index contributed by atoms with van der Waals surface area (Å²) in [7, 11) is 1.76. The fourth-order valence-corrected chi connectivity index (χ4v) is 1.87. The number of nitrogens with one attached hydrogen (secondary N) is 1. The van der Waals surface area contributed by atoms with Gasteiger partial charge in [-0.15, -0.1) is 0 Å². The Balaban J connectivity index is 2.18. The van der Waals surface area contributed by atoms with E-state index in [0.717, 1.165) is 17.8 Å². The van der Waals surface area contributed by atoms with Crippen molar-refractivity contribution in [1.29, 1.82) is 0 Å². The lowest BCUT2D eigenvalue weighted by atomic mass is 10.1. The molecule has 0 saturated carbocycles. The maximum atomic E-state index is 13.8. The van der Waals surface area contributed by atoms with Gasteiger partial charge in [0.25, 0.3) is 5.91 Å². The molecule has 2 rings (SSSR count). The van der Waals surface area contributed by atoms with Crippen LogP contribution < -0.4 is 5.32 Å².